The predicted molar refractivity (Wildman–Crippen MR) is 113 cm³/mol. The lowest BCUT2D eigenvalue weighted by molar-refractivity contribution is -0.128. The lowest BCUT2D eigenvalue weighted by Crippen LogP contribution is -2.38. The summed E-state index contributed by atoms with van der Waals surface area (Å²) in [6.45, 7) is 1.92. The van der Waals surface area contributed by atoms with Gasteiger partial charge in [0.25, 0.3) is 0 Å². The highest BCUT2D eigenvalue weighted by Crippen LogP contribution is 2.41. The number of rotatable bonds is 7. The molecule has 2 aromatic carbocycles. The summed E-state index contributed by atoms with van der Waals surface area (Å²) in [6, 6.07) is 15.6. The van der Waals surface area contributed by atoms with Crippen molar-refractivity contribution in [3.8, 4) is 0 Å². The number of benzene rings is 2. The molecular formula is C23H26ClN3O2. The molecule has 6 heteroatoms. The van der Waals surface area contributed by atoms with Crippen LogP contribution in [0.2, 0.25) is 5.02 Å². The zero-order valence-corrected chi connectivity index (χ0v) is 17.1. The van der Waals surface area contributed by atoms with Gasteiger partial charge in [0.1, 0.15) is 0 Å². The molecule has 0 radical (unpaired) electrons. The molecule has 0 bridgehead atoms. The Hall–Kier alpha value is -2.53. The van der Waals surface area contributed by atoms with Crippen LogP contribution < -0.4 is 10.6 Å². The Morgan fingerprint density at radius 1 is 1.14 bits per heavy atom. The summed E-state index contributed by atoms with van der Waals surface area (Å²) in [5.41, 5.74) is 3.21. The number of halogens is 1. The summed E-state index contributed by atoms with van der Waals surface area (Å²) in [5, 5.41) is 6.78. The van der Waals surface area contributed by atoms with Gasteiger partial charge in [0.2, 0.25) is 5.91 Å². The highest BCUT2D eigenvalue weighted by atomic mass is 35.5. The lowest BCUT2D eigenvalue weighted by atomic mass is 10.0. The van der Waals surface area contributed by atoms with Crippen LogP contribution >= 0.6 is 11.6 Å². The minimum atomic E-state index is -0.169. The highest BCUT2D eigenvalue weighted by molar-refractivity contribution is 6.30. The Bertz CT molecular complexity index is 880. The quantitative estimate of drug-likeness (QED) is 0.708. The topological polar surface area (TPSA) is 61.4 Å². The smallest absolute Gasteiger partial charge is 0.315 e. The van der Waals surface area contributed by atoms with E-state index in [2.05, 4.69) is 16.7 Å². The van der Waals surface area contributed by atoms with Crippen LogP contribution in [0.1, 0.15) is 48.4 Å². The first-order valence-corrected chi connectivity index (χ1v) is 10.6. The molecule has 29 heavy (non-hydrogen) atoms. The van der Waals surface area contributed by atoms with Gasteiger partial charge in [-0.15, -0.1) is 0 Å². The number of carbonyl (C=O) groups excluding carboxylic acids is 2. The number of nitrogens with one attached hydrogen (secondary N) is 2. The molecule has 1 aliphatic carbocycles. The molecule has 0 spiro atoms. The van der Waals surface area contributed by atoms with Gasteiger partial charge < -0.3 is 15.5 Å². The molecule has 2 aliphatic rings. The maximum absolute atomic E-state index is 12.5. The average molecular weight is 412 g/mol. The van der Waals surface area contributed by atoms with E-state index >= 15 is 0 Å². The van der Waals surface area contributed by atoms with Crippen LogP contribution in [0.15, 0.2) is 48.5 Å². The monoisotopic (exact) mass is 411 g/mol. The van der Waals surface area contributed by atoms with Crippen molar-refractivity contribution in [1.29, 1.82) is 0 Å². The summed E-state index contributed by atoms with van der Waals surface area (Å²) in [5.74, 6) is 0.712. The second-order valence-corrected chi connectivity index (χ2v) is 8.37. The minimum absolute atomic E-state index is 0.0137. The Labute approximate surface area is 176 Å². The second kappa shape index (κ2) is 8.87. The van der Waals surface area contributed by atoms with Crippen molar-refractivity contribution in [3.63, 3.8) is 0 Å². The Morgan fingerprint density at radius 3 is 2.59 bits per heavy atom. The second-order valence-electron chi connectivity index (χ2n) is 7.93. The molecule has 152 valence electrons. The Kier molecular flexibility index (Phi) is 6.05. The first kappa shape index (κ1) is 19.8. The number of amides is 3. The molecule has 5 nitrogen and oxygen atoms in total. The van der Waals surface area contributed by atoms with E-state index in [-0.39, 0.29) is 18.0 Å². The van der Waals surface area contributed by atoms with Crippen LogP contribution in [0.3, 0.4) is 0 Å². The van der Waals surface area contributed by atoms with Crippen molar-refractivity contribution >= 4 is 23.5 Å². The summed E-state index contributed by atoms with van der Waals surface area (Å²) >= 11 is 5.99. The van der Waals surface area contributed by atoms with Crippen LogP contribution in [-0.4, -0.2) is 23.4 Å². The Morgan fingerprint density at radius 2 is 1.90 bits per heavy atom. The van der Waals surface area contributed by atoms with Gasteiger partial charge in [-0.2, -0.15) is 0 Å². The summed E-state index contributed by atoms with van der Waals surface area (Å²) in [6.07, 6.45) is 3.85. The molecule has 1 saturated heterocycles. The van der Waals surface area contributed by atoms with Crippen molar-refractivity contribution in [3.05, 3.63) is 70.2 Å². The van der Waals surface area contributed by atoms with E-state index in [4.69, 9.17) is 11.6 Å². The summed E-state index contributed by atoms with van der Waals surface area (Å²) < 4.78 is 0. The van der Waals surface area contributed by atoms with Gasteiger partial charge in [0, 0.05) is 31.1 Å². The lowest BCUT2D eigenvalue weighted by Gasteiger charge is -2.20. The fourth-order valence-electron chi connectivity index (χ4n) is 3.88. The molecule has 3 amide bonds. The fraction of sp³-hybridized carbons (Fsp3) is 0.391. The van der Waals surface area contributed by atoms with E-state index in [1.807, 2.05) is 47.4 Å². The van der Waals surface area contributed by atoms with Crippen LogP contribution in [0.25, 0.3) is 0 Å². The zero-order chi connectivity index (χ0) is 20.2. The standard InChI is InChI=1S/C23H26ClN3O2/c24-20-10-8-19(9-11-20)22(18-6-7-18)26-23(29)25-14-16-3-1-4-17(13-16)15-27-12-2-5-21(27)28/h1,3-4,8-11,13,18,22H,2,5-7,12,14-15H2,(H2,25,26,29). The van der Waals surface area contributed by atoms with Gasteiger partial charge in [-0.3, -0.25) is 4.79 Å². The maximum atomic E-state index is 12.5. The summed E-state index contributed by atoms with van der Waals surface area (Å²) in [4.78, 5) is 26.2. The average Bonchev–Trinajstić information content (AvgIpc) is 3.49. The number of hydrogen-bond donors (Lipinski definition) is 2. The fourth-order valence-corrected chi connectivity index (χ4v) is 4.00. The first-order chi connectivity index (χ1) is 14.1. The number of carbonyl (C=O) groups is 2. The molecule has 2 aromatic rings. The van der Waals surface area contributed by atoms with Crippen molar-refractivity contribution < 1.29 is 9.59 Å². The van der Waals surface area contributed by atoms with Gasteiger partial charge in [0.05, 0.1) is 6.04 Å². The van der Waals surface area contributed by atoms with Gasteiger partial charge in [-0.25, -0.2) is 4.79 Å². The van der Waals surface area contributed by atoms with Crippen molar-refractivity contribution in [2.45, 2.75) is 44.8 Å². The van der Waals surface area contributed by atoms with Gasteiger partial charge in [-0.1, -0.05) is 48.0 Å². The largest absolute Gasteiger partial charge is 0.338 e. The molecule has 1 unspecified atom stereocenters. The normalized spacial score (nSPS) is 17.3. The zero-order valence-electron chi connectivity index (χ0n) is 16.4. The third-order valence-corrected chi connectivity index (χ3v) is 5.85. The van der Waals surface area contributed by atoms with E-state index in [9.17, 15) is 9.59 Å². The number of likely N-dealkylation sites (tertiary alicyclic amines) is 1. The molecule has 1 heterocycles. The van der Waals surface area contributed by atoms with E-state index < -0.39 is 0 Å². The van der Waals surface area contributed by atoms with E-state index in [1.165, 1.54) is 0 Å². The predicted octanol–water partition coefficient (Wildman–Crippen LogP) is 4.41. The van der Waals surface area contributed by atoms with Crippen LogP contribution in [0.5, 0.6) is 0 Å². The Balaban J connectivity index is 1.32. The molecule has 0 aromatic heterocycles. The SMILES string of the molecule is O=C(NCc1cccc(CN2CCCC2=O)c1)NC(c1ccc(Cl)cc1)C1CC1. The van der Waals surface area contributed by atoms with E-state index in [1.54, 1.807) is 0 Å². The van der Waals surface area contributed by atoms with Crippen LogP contribution in [0.4, 0.5) is 4.79 Å². The van der Waals surface area contributed by atoms with Crippen molar-refractivity contribution in [2.75, 3.05) is 6.54 Å². The van der Waals surface area contributed by atoms with E-state index in [0.717, 1.165) is 42.5 Å². The molecule has 1 aliphatic heterocycles. The van der Waals surface area contributed by atoms with Crippen LogP contribution in [0, 0.1) is 5.92 Å². The van der Waals surface area contributed by atoms with Gasteiger partial charge in [0.15, 0.2) is 0 Å². The first-order valence-electron chi connectivity index (χ1n) is 10.2. The maximum Gasteiger partial charge on any atom is 0.315 e. The van der Waals surface area contributed by atoms with Gasteiger partial charge in [-0.05, 0) is 54.0 Å². The van der Waals surface area contributed by atoms with Crippen LogP contribution in [-0.2, 0) is 17.9 Å². The summed E-state index contributed by atoms with van der Waals surface area (Å²) in [7, 11) is 0. The third-order valence-electron chi connectivity index (χ3n) is 5.60. The molecule has 2 N–H and O–H groups in total. The molecule has 1 saturated carbocycles. The molecule has 1 atom stereocenters. The number of nitrogens with zero attached hydrogens (tertiary/aromatic N) is 1. The highest BCUT2D eigenvalue weighted by Gasteiger charge is 2.33. The van der Waals surface area contributed by atoms with Gasteiger partial charge >= 0.3 is 6.03 Å². The molecule has 2 fully saturated rings. The molecule has 4 rings (SSSR count). The number of hydrogen-bond acceptors (Lipinski definition) is 2. The molecular weight excluding hydrogens is 386 g/mol. The van der Waals surface area contributed by atoms with Crippen molar-refractivity contribution in [1.82, 2.24) is 15.5 Å². The number of urea groups is 1. The van der Waals surface area contributed by atoms with E-state index in [0.29, 0.717) is 30.5 Å². The van der Waals surface area contributed by atoms with Crippen molar-refractivity contribution in [2.24, 2.45) is 5.92 Å². The third kappa shape index (κ3) is 5.30. The minimum Gasteiger partial charge on any atom is -0.338 e.